The van der Waals surface area contributed by atoms with Crippen LogP contribution in [0.2, 0.25) is 5.02 Å². The second-order valence-electron chi connectivity index (χ2n) is 16.0. The molecule has 0 unspecified atom stereocenters. The maximum absolute atomic E-state index is 14.9. The normalized spacial score (nSPS) is 21.9. The third kappa shape index (κ3) is 8.50. The largest absolute Gasteiger partial charge is 0.497 e. The summed E-state index contributed by atoms with van der Waals surface area (Å²) in [7, 11) is 0.750. The van der Waals surface area contributed by atoms with Crippen molar-refractivity contribution in [2.24, 2.45) is 11.3 Å². The Kier molecular flexibility index (Phi) is 11.5. The number of ether oxygens (including phenoxy) is 4. The molecule has 3 heterocycles. The Morgan fingerprint density at radius 1 is 1.05 bits per heavy atom. The molecule has 59 heavy (non-hydrogen) atoms. The summed E-state index contributed by atoms with van der Waals surface area (Å²) in [5, 5.41) is 9.58. The molecule has 2 saturated carbocycles. The van der Waals surface area contributed by atoms with Gasteiger partial charge in [-0.15, -0.1) is 17.9 Å². The minimum atomic E-state index is -3.91. The number of halogens is 1. The molecule has 1 aliphatic heterocycles. The standard InChI is InChI=1S/C41H47ClN6O9S2/c1-8-22-18-41(22,38(51)47-59(52,53)26-11-12-26)46-35(49)31-16-25(57-36-29-15-23(42)9-13-27(29)33(56-7)19-43-36)20-48(31)37(50)34(40(2,3)4)45-39-44-30(21-58-39)28-14-10-24(54-5)17-32(28)55-6/h8-10,13-15,17,19,21-22,25-26,31,34H,1,11-12,16,18,20H2,2-7H3,(H,44,45)(H,46,49)(H,47,51)/t22-,25-,31+,34-,41-/m1/s1. The molecule has 1 saturated heterocycles. The van der Waals surface area contributed by atoms with Gasteiger partial charge < -0.3 is 34.5 Å². The van der Waals surface area contributed by atoms with Crippen molar-refractivity contribution in [1.29, 1.82) is 0 Å². The minimum Gasteiger partial charge on any atom is -0.497 e. The lowest BCUT2D eigenvalue weighted by Crippen LogP contribution is -2.58. The molecule has 2 aliphatic carbocycles. The predicted molar refractivity (Wildman–Crippen MR) is 225 cm³/mol. The number of pyridine rings is 1. The van der Waals surface area contributed by atoms with Crippen LogP contribution in [0.1, 0.15) is 46.5 Å². The van der Waals surface area contributed by atoms with E-state index in [4.69, 9.17) is 35.5 Å². The number of likely N-dealkylation sites (tertiary alicyclic amines) is 1. The third-order valence-corrected chi connectivity index (χ3v) is 13.8. The fourth-order valence-corrected chi connectivity index (χ4v) is 9.66. The van der Waals surface area contributed by atoms with E-state index in [0.29, 0.717) is 56.7 Å². The van der Waals surface area contributed by atoms with Gasteiger partial charge in [-0.3, -0.25) is 19.1 Å². The number of methoxy groups -OCH3 is 3. The van der Waals surface area contributed by atoms with Gasteiger partial charge >= 0.3 is 0 Å². The van der Waals surface area contributed by atoms with Crippen molar-refractivity contribution >= 4 is 66.6 Å². The molecule has 4 aromatic rings. The zero-order valence-corrected chi connectivity index (χ0v) is 35.9. The lowest BCUT2D eigenvalue weighted by Gasteiger charge is -2.35. The Bertz CT molecular complexity index is 2420. The highest BCUT2D eigenvalue weighted by atomic mass is 35.5. The summed E-state index contributed by atoms with van der Waals surface area (Å²) in [6.45, 7) is 9.49. The van der Waals surface area contributed by atoms with Crippen LogP contribution in [0.15, 0.2) is 60.6 Å². The molecule has 3 amide bonds. The van der Waals surface area contributed by atoms with Crippen molar-refractivity contribution in [3.63, 3.8) is 0 Å². The highest BCUT2D eigenvalue weighted by Gasteiger charge is 2.62. The van der Waals surface area contributed by atoms with E-state index in [0.717, 1.165) is 5.56 Å². The van der Waals surface area contributed by atoms with E-state index >= 15 is 0 Å². The summed E-state index contributed by atoms with van der Waals surface area (Å²) in [6, 6.07) is 8.61. The molecule has 0 radical (unpaired) electrons. The number of carbonyl (C=O) groups is 3. The summed E-state index contributed by atoms with van der Waals surface area (Å²) in [6.07, 6.45) is 3.40. The Hall–Kier alpha value is -5.13. The molecule has 5 atom stereocenters. The number of anilines is 1. The number of hydrogen-bond acceptors (Lipinski definition) is 13. The first-order valence-corrected chi connectivity index (χ1v) is 21.9. The number of nitrogens with zero attached hydrogens (tertiary/aromatic N) is 3. The van der Waals surface area contributed by atoms with Crippen LogP contribution in [-0.2, 0) is 24.4 Å². The van der Waals surface area contributed by atoms with Crippen LogP contribution in [-0.4, -0.2) is 97.9 Å². The molecule has 3 aliphatic rings. The van der Waals surface area contributed by atoms with Crippen molar-refractivity contribution in [1.82, 2.24) is 24.9 Å². The summed E-state index contributed by atoms with van der Waals surface area (Å²) >= 11 is 7.70. The summed E-state index contributed by atoms with van der Waals surface area (Å²) in [5.74, 6) is -0.484. The first-order chi connectivity index (χ1) is 28.0. The van der Waals surface area contributed by atoms with E-state index in [9.17, 15) is 22.8 Å². The van der Waals surface area contributed by atoms with Gasteiger partial charge in [0.1, 0.15) is 41.0 Å². The summed E-state index contributed by atoms with van der Waals surface area (Å²) < 4.78 is 50.7. The van der Waals surface area contributed by atoms with E-state index in [1.807, 2.05) is 32.2 Å². The third-order valence-electron chi connectivity index (χ3n) is 10.9. The van der Waals surface area contributed by atoms with Crippen LogP contribution >= 0.6 is 22.9 Å². The van der Waals surface area contributed by atoms with Gasteiger partial charge in [-0.2, -0.15) is 0 Å². The maximum Gasteiger partial charge on any atom is 0.259 e. The quantitative estimate of drug-likeness (QED) is 0.126. The van der Waals surface area contributed by atoms with Gasteiger partial charge in [0.2, 0.25) is 27.7 Å². The van der Waals surface area contributed by atoms with Crippen molar-refractivity contribution in [3.05, 3.63) is 65.7 Å². The molecule has 314 valence electrons. The molecule has 3 N–H and O–H groups in total. The van der Waals surface area contributed by atoms with Gasteiger partial charge in [0.05, 0.1) is 45.0 Å². The highest BCUT2D eigenvalue weighted by Crippen LogP contribution is 2.46. The predicted octanol–water partition coefficient (Wildman–Crippen LogP) is 5.58. The number of amides is 3. The second kappa shape index (κ2) is 16.1. The Labute approximate surface area is 351 Å². The van der Waals surface area contributed by atoms with Crippen LogP contribution in [0.5, 0.6) is 23.1 Å². The SMILES string of the molecule is C=C[C@@H]1C[C@]1(NC(=O)[C@@H]1C[C@@H](Oc2ncc(OC)c3ccc(Cl)cc23)CN1C(=O)[C@@H](Nc1nc(-c2ccc(OC)cc2OC)cs1)C(C)(C)C)C(=O)NS(=O)(=O)C1CC1. The zero-order chi connectivity index (χ0) is 42.4. The first kappa shape index (κ1) is 42.0. The van der Waals surface area contributed by atoms with Gasteiger partial charge in [-0.25, -0.2) is 18.4 Å². The fraction of sp³-hybridized carbons (Fsp3) is 0.439. The fourth-order valence-electron chi connectivity index (χ4n) is 7.38. The molecule has 0 spiro atoms. The first-order valence-electron chi connectivity index (χ1n) is 19.1. The number of hydrogen-bond donors (Lipinski definition) is 3. The van der Waals surface area contributed by atoms with Crippen LogP contribution in [0.4, 0.5) is 5.13 Å². The minimum absolute atomic E-state index is 0.0206. The Morgan fingerprint density at radius 2 is 1.80 bits per heavy atom. The maximum atomic E-state index is 14.9. The van der Waals surface area contributed by atoms with Crippen molar-refractivity contribution in [2.75, 3.05) is 33.2 Å². The Balaban J connectivity index is 1.19. The van der Waals surface area contributed by atoms with Gasteiger partial charge in [-0.05, 0) is 55.0 Å². The zero-order valence-electron chi connectivity index (χ0n) is 33.5. The Morgan fingerprint density at radius 3 is 2.44 bits per heavy atom. The molecule has 2 aromatic carbocycles. The molecule has 0 bridgehead atoms. The molecule has 7 rings (SSSR count). The van der Waals surface area contributed by atoms with E-state index in [1.54, 1.807) is 44.6 Å². The monoisotopic (exact) mass is 866 g/mol. The molecule has 3 fully saturated rings. The van der Waals surface area contributed by atoms with E-state index in [-0.39, 0.29) is 25.3 Å². The van der Waals surface area contributed by atoms with E-state index in [1.165, 1.54) is 35.6 Å². The molecular weight excluding hydrogens is 820 g/mol. The number of carbonyl (C=O) groups excluding carboxylic acids is 3. The van der Waals surface area contributed by atoms with Gasteiger partial charge in [0, 0.05) is 45.1 Å². The molecule has 2 aromatic heterocycles. The summed E-state index contributed by atoms with van der Waals surface area (Å²) in [5.41, 5.74) is -0.903. The number of benzene rings is 2. The number of aromatic nitrogens is 2. The molecule has 15 nitrogen and oxygen atoms in total. The van der Waals surface area contributed by atoms with Gasteiger partial charge in [0.15, 0.2) is 5.13 Å². The summed E-state index contributed by atoms with van der Waals surface area (Å²) in [4.78, 5) is 53.8. The topological polar surface area (TPSA) is 187 Å². The van der Waals surface area contributed by atoms with Crippen molar-refractivity contribution < 1.29 is 41.7 Å². The molecule has 18 heteroatoms. The average molecular weight is 867 g/mol. The number of fused-ring (bicyclic) bond motifs is 1. The smallest absolute Gasteiger partial charge is 0.259 e. The number of sulfonamides is 1. The number of nitrogens with one attached hydrogen (secondary N) is 3. The van der Waals surface area contributed by atoms with Crippen LogP contribution in [0, 0.1) is 11.3 Å². The average Bonchev–Trinajstić information content (AvgIpc) is 4.10. The van der Waals surface area contributed by atoms with Crippen LogP contribution < -0.4 is 34.3 Å². The lowest BCUT2D eigenvalue weighted by atomic mass is 9.85. The van der Waals surface area contributed by atoms with E-state index in [2.05, 4.69) is 26.9 Å². The lowest BCUT2D eigenvalue weighted by molar-refractivity contribution is -0.141. The van der Waals surface area contributed by atoms with Crippen molar-refractivity contribution in [3.8, 4) is 34.4 Å². The van der Waals surface area contributed by atoms with Gasteiger partial charge in [0.25, 0.3) is 5.91 Å². The molecular formula is C41H47ClN6O9S2. The van der Waals surface area contributed by atoms with E-state index < -0.39 is 68.1 Å². The number of thiazole rings is 1. The number of rotatable bonds is 15. The van der Waals surface area contributed by atoms with Crippen molar-refractivity contribution in [2.45, 2.75) is 75.4 Å². The highest BCUT2D eigenvalue weighted by molar-refractivity contribution is 7.91. The van der Waals surface area contributed by atoms with Crippen LogP contribution in [0.3, 0.4) is 0 Å². The second-order valence-corrected chi connectivity index (χ2v) is 19.3. The van der Waals surface area contributed by atoms with Gasteiger partial charge in [-0.1, -0.05) is 38.4 Å². The van der Waals surface area contributed by atoms with Crippen LogP contribution in [0.25, 0.3) is 22.0 Å².